The topological polar surface area (TPSA) is 46.5 Å². The lowest BCUT2D eigenvalue weighted by atomic mass is 9.76. The van der Waals surface area contributed by atoms with Gasteiger partial charge in [0.05, 0.1) is 16.0 Å². The fourth-order valence-corrected chi connectivity index (χ4v) is 2.80. The number of benzene rings is 1. The minimum atomic E-state index is -0.962. The lowest BCUT2D eigenvalue weighted by molar-refractivity contribution is -0.151. The highest BCUT2D eigenvalue weighted by Gasteiger charge is 2.48. The number of carbonyl (C=O) groups is 1. The van der Waals surface area contributed by atoms with Gasteiger partial charge in [-0.15, -0.1) is 0 Å². The highest BCUT2D eigenvalue weighted by Crippen LogP contribution is 2.40. The van der Waals surface area contributed by atoms with E-state index in [1.807, 2.05) is 0 Å². The van der Waals surface area contributed by atoms with E-state index in [0.29, 0.717) is 23.1 Å². The quantitative estimate of drug-likeness (QED) is 0.932. The summed E-state index contributed by atoms with van der Waals surface area (Å²) in [6, 6.07) is 4.67. The number of aliphatic carboxylic acids is 1. The molecule has 1 N–H and O–H groups in total. The molecule has 0 aliphatic carbocycles. The lowest BCUT2D eigenvalue weighted by Crippen LogP contribution is -2.39. The Morgan fingerprint density at radius 2 is 2.39 bits per heavy atom. The van der Waals surface area contributed by atoms with E-state index in [1.54, 1.807) is 19.1 Å². The maximum Gasteiger partial charge on any atom is 0.312 e. The van der Waals surface area contributed by atoms with Crippen molar-refractivity contribution in [1.29, 1.82) is 0 Å². The molecule has 1 heterocycles. The van der Waals surface area contributed by atoms with Gasteiger partial charge in [0.15, 0.2) is 0 Å². The summed E-state index contributed by atoms with van der Waals surface area (Å²) in [4.78, 5) is 11.5. The minimum Gasteiger partial charge on any atom is -0.481 e. The van der Waals surface area contributed by atoms with Crippen LogP contribution in [0.15, 0.2) is 22.7 Å². The van der Waals surface area contributed by atoms with Gasteiger partial charge in [-0.25, -0.2) is 4.39 Å². The molecule has 3 nitrogen and oxygen atoms in total. The van der Waals surface area contributed by atoms with Gasteiger partial charge in [0.1, 0.15) is 5.82 Å². The smallest absolute Gasteiger partial charge is 0.312 e. The van der Waals surface area contributed by atoms with Crippen molar-refractivity contribution in [3.8, 4) is 0 Å². The zero-order valence-electron chi connectivity index (χ0n) is 9.95. The van der Waals surface area contributed by atoms with E-state index in [2.05, 4.69) is 15.9 Å². The van der Waals surface area contributed by atoms with Crippen LogP contribution in [0.3, 0.4) is 0 Å². The van der Waals surface area contributed by atoms with Crippen LogP contribution in [0.2, 0.25) is 0 Å². The second kappa shape index (κ2) is 4.97. The molecule has 2 unspecified atom stereocenters. The summed E-state index contributed by atoms with van der Waals surface area (Å²) in [5.74, 6) is -1.26. The average molecular weight is 317 g/mol. The summed E-state index contributed by atoms with van der Waals surface area (Å²) >= 11 is 3.17. The van der Waals surface area contributed by atoms with E-state index in [0.717, 1.165) is 0 Å². The second-order valence-corrected chi connectivity index (χ2v) is 5.41. The number of rotatable bonds is 3. The molecule has 1 aliphatic heterocycles. The number of ether oxygens (including phenoxy) is 1. The van der Waals surface area contributed by atoms with Crippen LogP contribution < -0.4 is 0 Å². The van der Waals surface area contributed by atoms with Gasteiger partial charge in [-0.05, 0) is 47.3 Å². The molecule has 1 aromatic rings. The number of halogens is 2. The molecular formula is C13H14BrFO3. The number of hydrogen-bond acceptors (Lipinski definition) is 2. The number of hydrogen-bond donors (Lipinski definition) is 1. The van der Waals surface area contributed by atoms with Crippen molar-refractivity contribution in [1.82, 2.24) is 0 Å². The molecule has 5 heteroatoms. The van der Waals surface area contributed by atoms with Crippen molar-refractivity contribution in [2.75, 3.05) is 6.61 Å². The third kappa shape index (κ3) is 2.17. The van der Waals surface area contributed by atoms with E-state index >= 15 is 0 Å². The molecule has 0 amide bonds. The molecule has 0 saturated carbocycles. The normalized spacial score (nSPS) is 27.4. The van der Waals surface area contributed by atoms with Crippen molar-refractivity contribution >= 4 is 21.9 Å². The second-order valence-electron chi connectivity index (χ2n) is 4.61. The maximum absolute atomic E-state index is 13.5. The summed E-state index contributed by atoms with van der Waals surface area (Å²) in [5.41, 5.74) is -0.300. The van der Waals surface area contributed by atoms with E-state index < -0.39 is 11.4 Å². The van der Waals surface area contributed by atoms with E-state index in [4.69, 9.17) is 4.74 Å². The number of carboxylic acids is 1. The largest absolute Gasteiger partial charge is 0.481 e. The van der Waals surface area contributed by atoms with Crippen molar-refractivity contribution < 1.29 is 19.0 Å². The predicted octanol–water partition coefficient (Wildman–Crippen LogP) is 3.01. The van der Waals surface area contributed by atoms with Gasteiger partial charge in [0.25, 0.3) is 0 Å². The van der Waals surface area contributed by atoms with Crippen LogP contribution in [-0.4, -0.2) is 23.8 Å². The molecule has 98 valence electrons. The Morgan fingerprint density at radius 1 is 1.67 bits per heavy atom. The summed E-state index contributed by atoms with van der Waals surface area (Å²) in [6.07, 6.45) is 0.346. The van der Waals surface area contributed by atoms with Gasteiger partial charge >= 0.3 is 5.97 Å². The van der Waals surface area contributed by atoms with E-state index in [-0.39, 0.29) is 18.3 Å². The Balaban J connectivity index is 2.36. The summed E-state index contributed by atoms with van der Waals surface area (Å²) in [5, 5.41) is 9.47. The van der Waals surface area contributed by atoms with Crippen molar-refractivity contribution in [3.63, 3.8) is 0 Å². The van der Waals surface area contributed by atoms with Crippen LogP contribution >= 0.6 is 15.9 Å². The molecule has 0 bridgehead atoms. The first-order valence-electron chi connectivity index (χ1n) is 5.75. The molecular weight excluding hydrogens is 303 g/mol. The van der Waals surface area contributed by atoms with Gasteiger partial charge in [-0.1, -0.05) is 12.1 Å². The molecule has 0 aromatic heterocycles. The zero-order valence-corrected chi connectivity index (χ0v) is 11.5. The van der Waals surface area contributed by atoms with Crippen LogP contribution in [-0.2, 0) is 16.0 Å². The standard InChI is InChI=1S/C13H14BrFO3/c1-8-13(12(16)17,5-6-18-8)7-9-3-2-4-10(15)11(9)14/h2-4,8H,5-7H2,1H3,(H,16,17). The van der Waals surface area contributed by atoms with Crippen LogP contribution in [0.4, 0.5) is 4.39 Å². The van der Waals surface area contributed by atoms with Gasteiger partial charge < -0.3 is 9.84 Å². The first kappa shape index (κ1) is 13.5. The number of carboxylic acid groups (broad SMARTS) is 1. The summed E-state index contributed by atoms with van der Waals surface area (Å²) < 4.78 is 19.2. The molecule has 0 radical (unpaired) electrons. The van der Waals surface area contributed by atoms with Crippen LogP contribution in [0, 0.1) is 11.2 Å². The average Bonchev–Trinajstić information content (AvgIpc) is 2.68. The monoisotopic (exact) mass is 316 g/mol. The molecule has 0 spiro atoms. The van der Waals surface area contributed by atoms with Gasteiger partial charge in [-0.3, -0.25) is 4.79 Å². The van der Waals surface area contributed by atoms with Crippen molar-refractivity contribution in [3.05, 3.63) is 34.1 Å². The Bertz CT molecular complexity index is 477. The zero-order chi connectivity index (χ0) is 13.3. The maximum atomic E-state index is 13.5. The Morgan fingerprint density at radius 3 is 2.94 bits per heavy atom. The minimum absolute atomic E-state index is 0.266. The highest BCUT2D eigenvalue weighted by molar-refractivity contribution is 9.10. The third-order valence-electron chi connectivity index (χ3n) is 3.66. The van der Waals surface area contributed by atoms with Crippen LogP contribution in [0.25, 0.3) is 0 Å². The predicted molar refractivity (Wildman–Crippen MR) is 67.9 cm³/mol. The van der Waals surface area contributed by atoms with Gasteiger partial charge in [0, 0.05) is 6.61 Å². The molecule has 2 atom stereocenters. The summed E-state index contributed by atoms with van der Waals surface area (Å²) in [7, 11) is 0. The third-order valence-corrected chi connectivity index (χ3v) is 4.55. The lowest BCUT2D eigenvalue weighted by Gasteiger charge is -2.27. The van der Waals surface area contributed by atoms with Gasteiger partial charge in [0.2, 0.25) is 0 Å². The van der Waals surface area contributed by atoms with E-state index in [9.17, 15) is 14.3 Å². The molecule has 18 heavy (non-hydrogen) atoms. The highest BCUT2D eigenvalue weighted by atomic mass is 79.9. The first-order chi connectivity index (χ1) is 8.47. The summed E-state index contributed by atoms with van der Waals surface area (Å²) in [6.45, 7) is 2.19. The molecule has 1 aromatic carbocycles. The molecule has 1 saturated heterocycles. The first-order valence-corrected chi connectivity index (χ1v) is 6.54. The SMILES string of the molecule is CC1OCCC1(Cc1cccc(F)c1Br)C(=O)O. The van der Waals surface area contributed by atoms with Crippen molar-refractivity contribution in [2.45, 2.75) is 25.9 Å². The van der Waals surface area contributed by atoms with Gasteiger partial charge in [-0.2, -0.15) is 0 Å². The van der Waals surface area contributed by atoms with Crippen molar-refractivity contribution in [2.24, 2.45) is 5.41 Å². The molecule has 2 rings (SSSR count). The van der Waals surface area contributed by atoms with Crippen LogP contribution in [0.1, 0.15) is 18.9 Å². The molecule has 1 aliphatic rings. The van der Waals surface area contributed by atoms with Crippen LogP contribution in [0.5, 0.6) is 0 Å². The Labute approximate surface area is 113 Å². The fourth-order valence-electron chi connectivity index (χ4n) is 2.39. The Hall–Kier alpha value is -0.940. The molecule has 1 fully saturated rings. The Kier molecular flexibility index (Phi) is 3.73. The van der Waals surface area contributed by atoms with E-state index in [1.165, 1.54) is 6.07 Å². The fraction of sp³-hybridized carbons (Fsp3) is 0.462.